The highest BCUT2D eigenvalue weighted by Gasteiger charge is 2.12. The Morgan fingerprint density at radius 3 is 2.53 bits per heavy atom. The fourth-order valence-electron chi connectivity index (χ4n) is 1.36. The standard InChI is InChI=1S/C11H12N4O2/c1-7-10(14-15-13-7)11(16)12-8-3-5-9(17-2)6-4-8/h3-6H,1-2H3,(H,12,16)(H,13,14,15). The zero-order chi connectivity index (χ0) is 12.3. The van der Waals surface area contributed by atoms with Crippen LogP contribution in [0.2, 0.25) is 0 Å². The summed E-state index contributed by atoms with van der Waals surface area (Å²) < 4.78 is 5.03. The van der Waals surface area contributed by atoms with E-state index in [-0.39, 0.29) is 5.91 Å². The zero-order valence-electron chi connectivity index (χ0n) is 9.52. The smallest absolute Gasteiger partial charge is 0.278 e. The van der Waals surface area contributed by atoms with Crippen LogP contribution in [0.1, 0.15) is 16.2 Å². The van der Waals surface area contributed by atoms with Gasteiger partial charge in [-0.1, -0.05) is 0 Å². The number of carbonyl (C=O) groups is 1. The minimum absolute atomic E-state index is 0.290. The van der Waals surface area contributed by atoms with Gasteiger partial charge in [0.1, 0.15) is 5.75 Å². The molecule has 0 unspecified atom stereocenters. The second-order valence-electron chi connectivity index (χ2n) is 3.44. The maximum atomic E-state index is 11.8. The SMILES string of the molecule is COc1ccc(NC(=O)c2n[nH]nc2C)cc1. The molecule has 2 N–H and O–H groups in total. The Bertz CT molecular complexity index is 519. The fourth-order valence-corrected chi connectivity index (χ4v) is 1.36. The number of carbonyl (C=O) groups excluding carboxylic acids is 1. The first kappa shape index (κ1) is 11.1. The van der Waals surface area contributed by atoms with Crippen molar-refractivity contribution in [1.82, 2.24) is 15.4 Å². The Hall–Kier alpha value is -2.37. The molecule has 0 bridgehead atoms. The first-order valence-electron chi connectivity index (χ1n) is 5.03. The minimum Gasteiger partial charge on any atom is -0.497 e. The van der Waals surface area contributed by atoms with Gasteiger partial charge in [-0.05, 0) is 31.2 Å². The second kappa shape index (κ2) is 4.65. The number of aromatic nitrogens is 3. The van der Waals surface area contributed by atoms with Crippen LogP contribution in [0.3, 0.4) is 0 Å². The molecule has 0 saturated heterocycles. The molecular formula is C11H12N4O2. The molecule has 2 aromatic rings. The molecule has 0 saturated carbocycles. The molecule has 1 amide bonds. The van der Waals surface area contributed by atoms with Crippen LogP contribution in [0.15, 0.2) is 24.3 Å². The topological polar surface area (TPSA) is 79.9 Å². The molecule has 0 radical (unpaired) electrons. The zero-order valence-corrected chi connectivity index (χ0v) is 9.52. The molecule has 6 nitrogen and oxygen atoms in total. The Kier molecular flexibility index (Phi) is 3.04. The number of anilines is 1. The number of hydrogen-bond donors (Lipinski definition) is 2. The van der Waals surface area contributed by atoms with Gasteiger partial charge in [-0.2, -0.15) is 15.4 Å². The summed E-state index contributed by atoms with van der Waals surface area (Å²) in [5, 5.41) is 12.7. The van der Waals surface area contributed by atoms with Crippen LogP contribution >= 0.6 is 0 Å². The second-order valence-corrected chi connectivity index (χ2v) is 3.44. The van der Waals surface area contributed by atoms with Crippen molar-refractivity contribution < 1.29 is 9.53 Å². The van der Waals surface area contributed by atoms with Gasteiger partial charge in [0.05, 0.1) is 12.8 Å². The maximum Gasteiger partial charge on any atom is 0.278 e. The summed E-state index contributed by atoms with van der Waals surface area (Å²) in [5.74, 6) is 0.446. The van der Waals surface area contributed by atoms with Crippen LogP contribution < -0.4 is 10.1 Å². The Morgan fingerprint density at radius 1 is 1.29 bits per heavy atom. The molecule has 6 heteroatoms. The number of nitrogens with zero attached hydrogens (tertiary/aromatic N) is 2. The number of hydrogen-bond acceptors (Lipinski definition) is 4. The maximum absolute atomic E-state index is 11.8. The van der Waals surface area contributed by atoms with Crippen molar-refractivity contribution in [2.24, 2.45) is 0 Å². The van der Waals surface area contributed by atoms with Gasteiger partial charge in [-0.25, -0.2) is 0 Å². The third-order valence-electron chi connectivity index (χ3n) is 2.29. The highest BCUT2D eigenvalue weighted by atomic mass is 16.5. The molecule has 0 aliphatic carbocycles. The van der Waals surface area contributed by atoms with E-state index in [4.69, 9.17) is 4.74 Å². The fraction of sp³-hybridized carbons (Fsp3) is 0.182. The van der Waals surface area contributed by atoms with Gasteiger partial charge in [-0.3, -0.25) is 4.79 Å². The van der Waals surface area contributed by atoms with Crippen molar-refractivity contribution in [3.05, 3.63) is 35.7 Å². The number of aryl methyl sites for hydroxylation is 1. The molecule has 0 spiro atoms. The van der Waals surface area contributed by atoms with E-state index < -0.39 is 0 Å². The molecule has 0 aliphatic rings. The van der Waals surface area contributed by atoms with Gasteiger partial charge in [0, 0.05) is 5.69 Å². The number of methoxy groups -OCH3 is 1. The number of ether oxygens (including phenoxy) is 1. The number of rotatable bonds is 3. The van der Waals surface area contributed by atoms with Crippen LogP contribution in [-0.4, -0.2) is 28.4 Å². The van der Waals surface area contributed by atoms with Crippen LogP contribution in [0.5, 0.6) is 5.75 Å². The van der Waals surface area contributed by atoms with E-state index >= 15 is 0 Å². The average Bonchev–Trinajstić information content (AvgIpc) is 2.76. The summed E-state index contributed by atoms with van der Waals surface area (Å²) in [7, 11) is 1.59. The van der Waals surface area contributed by atoms with E-state index in [1.807, 2.05) is 0 Å². The lowest BCUT2D eigenvalue weighted by Gasteiger charge is -2.04. The molecule has 1 heterocycles. The quantitative estimate of drug-likeness (QED) is 0.837. The summed E-state index contributed by atoms with van der Waals surface area (Å²) in [4.78, 5) is 11.8. The van der Waals surface area contributed by atoms with E-state index in [9.17, 15) is 4.79 Å². The molecule has 1 aromatic heterocycles. The highest BCUT2D eigenvalue weighted by Crippen LogP contribution is 2.15. The summed E-state index contributed by atoms with van der Waals surface area (Å²) >= 11 is 0. The van der Waals surface area contributed by atoms with Crippen molar-refractivity contribution in [1.29, 1.82) is 0 Å². The molecular weight excluding hydrogens is 220 g/mol. The average molecular weight is 232 g/mol. The molecule has 88 valence electrons. The number of benzene rings is 1. The lowest BCUT2D eigenvalue weighted by molar-refractivity contribution is 0.102. The number of aromatic amines is 1. The van der Waals surface area contributed by atoms with Gasteiger partial charge >= 0.3 is 0 Å². The van der Waals surface area contributed by atoms with Gasteiger partial charge < -0.3 is 10.1 Å². The summed E-state index contributed by atoms with van der Waals surface area (Å²) in [5.41, 5.74) is 1.54. The van der Waals surface area contributed by atoms with E-state index in [0.717, 1.165) is 5.75 Å². The third-order valence-corrected chi connectivity index (χ3v) is 2.29. The Morgan fingerprint density at radius 2 is 2.00 bits per heavy atom. The number of amides is 1. The van der Waals surface area contributed by atoms with Gasteiger partial charge in [0.15, 0.2) is 5.69 Å². The van der Waals surface area contributed by atoms with E-state index in [2.05, 4.69) is 20.7 Å². The van der Waals surface area contributed by atoms with Crippen LogP contribution in [0.25, 0.3) is 0 Å². The largest absolute Gasteiger partial charge is 0.497 e. The molecule has 1 aromatic carbocycles. The van der Waals surface area contributed by atoms with Crippen molar-refractivity contribution in [2.45, 2.75) is 6.92 Å². The Balaban J connectivity index is 2.10. The third kappa shape index (κ3) is 2.41. The lowest BCUT2D eigenvalue weighted by atomic mass is 10.2. The van der Waals surface area contributed by atoms with E-state index in [1.54, 1.807) is 38.3 Å². The van der Waals surface area contributed by atoms with Crippen molar-refractivity contribution in [3.8, 4) is 5.75 Å². The summed E-state index contributed by atoms with van der Waals surface area (Å²) in [6.07, 6.45) is 0. The summed E-state index contributed by atoms with van der Waals surface area (Å²) in [6, 6.07) is 7.05. The van der Waals surface area contributed by atoms with E-state index in [1.165, 1.54) is 0 Å². The molecule has 17 heavy (non-hydrogen) atoms. The molecule has 0 atom stereocenters. The summed E-state index contributed by atoms with van der Waals surface area (Å²) in [6.45, 7) is 1.71. The first-order valence-corrected chi connectivity index (χ1v) is 5.03. The highest BCUT2D eigenvalue weighted by molar-refractivity contribution is 6.03. The first-order chi connectivity index (χ1) is 8.20. The predicted octanol–water partition coefficient (Wildman–Crippen LogP) is 1.37. The molecule has 0 fully saturated rings. The van der Waals surface area contributed by atoms with Gasteiger partial charge in [-0.15, -0.1) is 0 Å². The van der Waals surface area contributed by atoms with E-state index in [0.29, 0.717) is 17.1 Å². The van der Waals surface area contributed by atoms with Crippen molar-refractivity contribution in [2.75, 3.05) is 12.4 Å². The van der Waals surface area contributed by atoms with Crippen molar-refractivity contribution >= 4 is 11.6 Å². The van der Waals surface area contributed by atoms with Crippen LogP contribution in [0.4, 0.5) is 5.69 Å². The molecule has 0 aliphatic heterocycles. The van der Waals surface area contributed by atoms with Crippen LogP contribution in [0, 0.1) is 6.92 Å². The Labute approximate surface area is 98.0 Å². The van der Waals surface area contributed by atoms with Gasteiger partial charge in [0.2, 0.25) is 0 Å². The van der Waals surface area contributed by atoms with Crippen molar-refractivity contribution in [3.63, 3.8) is 0 Å². The number of H-pyrrole nitrogens is 1. The lowest BCUT2D eigenvalue weighted by Crippen LogP contribution is -2.13. The number of nitrogens with one attached hydrogen (secondary N) is 2. The monoisotopic (exact) mass is 232 g/mol. The normalized spacial score (nSPS) is 10.0. The molecule has 2 rings (SSSR count). The van der Waals surface area contributed by atoms with Gasteiger partial charge in [0.25, 0.3) is 5.91 Å². The predicted molar refractivity (Wildman–Crippen MR) is 62.1 cm³/mol. The minimum atomic E-state index is -0.290. The van der Waals surface area contributed by atoms with Crippen LogP contribution in [-0.2, 0) is 0 Å².